The molecule has 1 aromatic carbocycles. The van der Waals surface area contributed by atoms with E-state index in [1.807, 2.05) is 21.9 Å². The van der Waals surface area contributed by atoms with Crippen molar-refractivity contribution in [1.82, 2.24) is 9.80 Å². The molecule has 1 aromatic rings. The number of esters is 1. The highest BCUT2D eigenvalue weighted by Gasteiger charge is 2.37. The zero-order chi connectivity index (χ0) is 24.5. The average Bonchev–Trinajstić information content (AvgIpc) is 3.39. The van der Waals surface area contributed by atoms with Gasteiger partial charge < -0.3 is 24.8 Å². The summed E-state index contributed by atoms with van der Waals surface area (Å²) in [5.41, 5.74) is 2.25. The maximum atomic E-state index is 13.2. The van der Waals surface area contributed by atoms with Gasteiger partial charge in [0.15, 0.2) is 0 Å². The van der Waals surface area contributed by atoms with E-state index in [1.165, 1.54) is 0 Å². The molecule has 4 aliphatic heterocycles. The van der Waals surface area contributed by atoms with Crippen molar-refractivity contribution in [3.8, 4) is 0 Å². The van der Waals surface area contributed by atoms with Crippen molar-refractivity contribution in [2.24, 2.45) is 11.8 Å². The number of piperidine rings is 2. The highest BCUT2D eigenvalue weighted by molar-refractivity contribution is 6.06. The minimum atomic E-state index is -0.159. The second-order valence-electron chi connectivity index (χ2n) is 9.99. The van der Waals surface area contributed by atoms with E-state index < -0.39 is 0 Å². The van der Waals surface area contributed by atoms with Gasteiger partial charge in [0.05, 0.1) is 23.9 Å². The standard InChI is InChI=1S/C26H34N4O5/c1-2-35-26(34)18-9-14-28(15-10-18)24(32)17-7-12-29(13-8-17)25(33)19-5-6-21-20(16-19)27-23(31)22-4-3-11-30(21)22/h5-6,16-18,22H,2-4,7-15H2,1H3,(H,27,31)/t22-/m0/s1. The van der Waals surface area contributed by atoms with Crippen LogP contribution in [0, 0.1) is 11.8 Å². The Balaban J connectivity index is 1.15. The summed E-state index contributed by atoms with van der Waals surface area (Å²) in [5.74, 6) is -0.286. The van der Waals surface area contributed by atoms with Crippen LogP contribution >= 0.6 is 0 Å². The fraction of sp³-hybridized carbons (Fsp3) is 0.615. The molecule has 0 unspecified atom stereocenters. The smallest absolute Gasteiger partial charge is 0.309 e. The summed E-state index contributed by atoms with van der Waals surface area (Å²) in [6.45, 7) is 5.28. The normalized spacial score (nSPS) is 22.9. The first-order valence-corrected chi connectivity index (χ1v) is 12.9. The topological polar surface area (TPSA) is 99.3 Å². The number of rotatable bonds is 4. The van der Waals surface area contributed by atoms with Crippen LogP contribution in [0.4, 0.5) is 11.4 Å². The molecular weight excluding hydrogens is 448 g/mol. The Labute approximate surface area is 205 Å². The van der Waals surface area contributed by atoms with Crippen LogP contribution in [0.5, 0.6) is 0 Å². The van der Waals surface area contributed by atoms with E-state index in [-0.39, 0.29) is 41.6 Å². The Morgan fingerprint density at radius 3 is 2.34 bits per heavy atom. The first-order chi connectivity index (χ1) is 17.0. The Hall–Kier alpha value is -3.10. The number of nitrogens with zero attached hydrogens (tertiary/aromatic N) is 3. The van der Waals surface area contributed by atoms with Gasteiger partial charge in [-0.2, -0.15) is 0 Å². The third-order valence-electron chi connectivity index (χ3n) is 7.92. The number of hydrogen-bond acceptors (Lipinski definition) is 6. The molecule has 1 atom stereocenters. The molecule has 3 fully saturated rings. The monoisotopic (exact) mass is 482 g/mol. The van der Waals surface area contributed by atoms with Crippen LogP contribution in [0.2, 0.25) is 0 Å². The molecule has 9 heteroatoms. The molecule has 0 bridgehead atoms. The van der Waals surface area contributed by atoms with Crippen LogP contribution in [-0.2, 0) is 19.1 Å². The van der Waals surface area contributed by atoms with Gasteiger partial charge in [0.25, 0.3) is 5.91 Å². The number of carbonyl (C=O) groups is 4. The highest BCUT2D eigenvalue weighted by Crippen LogP contribution is 2.37. The number of ether oxygens (including phenoxy) is 1. The third kappa shape index (κ3) is 4.60. The number of hydrogen-bond donors (Lipinski definition) is 1. The molecular formula is C26H34N4O5. The maximum absolute atomic E-state index is 13.2. The van der Waals surface area contributed by atoms with Crippen LogP contribution in [0.3, 0.4) is 0 Å². The molecule has 4 heterocycles. The number of carbonyl (C=O) groups excluding carboxylic acids is 4. The lowest BCUT2D eigenvalue weighted by Gasteiger charge is -2.37. The van der Waals surface area contributed by atoms with Crippen molar-refractivity contribution in [3.05, 3.63) is 23.8 Å². The van der Waals surface area contributed by atoms with E-state index in [9.17, 15) is 19.2 Å². The Morgan fingerprint density at radius 2 is 1.63 bits per heavy atom. The summed E-state index contributed by atoms with van der Waals surface area (Å²) >= 11 is 0. The number of fused-ring (bicyclic) bond motifs is 3. The Kier molecular flexibility index (Phi) is 6.67. The van der Waals surface area contributed by atoms with Crippen LogP contribution in [0.15, 0.2) is 18.2 Å². The van der Waals surface area contributed by atoms with Crippen LogP contribution in [-0.4, -0.2) is 78.9 Å². The number of anilines is 2. The molecule has 4 aliphatic rings. The largest absolute Gasteiger partial charge is 0.466 e. The number of amides is 3. The molecule has 0 spiro atoms. The van der Waals surface area contributed by atoms with Crippen molar-refractivity contribution in [2.45, 2.75) is 51.5 Å². The fourth-order valence-electron chi connectivity index (χ4n) is 5.93. The predicted molar refractivity (Wildman–Crippen MR) is 130 cm³/mol. The lowest BCUT2D eigenvalue weighted by atomic mass is 9.92. The Bertz CT molecular complexity index is 1010. The molecule has 9 nitrogen and oxygen atoms in total. The first-order valence-electron chi connectivity index (χ1n) is 12.9. The van der Waals surface area contributed by atoms with Crippen molar-refractivity contribution in [1.29, 1.82) is 0 Å². The van der Waals surface area contributed by atoms with Gasteiger partial charge in [0.2, 0.25) is 11.8 Å². The van der Waals surface area contributed by atoms with Gasteiger partial charge in [-0.3, -0.25) is 19.2 Å². The molecule has 0 radical (unpaired) electrons. The SMILES string of the molecule is CCOC(=O)C1CCN(C(=O)C2CCN(C(=O)c3ccc4c(c3)NC(=O)[C@@H]3CCCN43)CC2)CC1. The van der Waals surface area contributed by atoms with Crippen molar-refractivity contribution in [3.63, 3.8) is 0 Å². The van der Waals surface area contributed by atoms with Crippen molar-refractivity contribution < 1.29 is 23.9 Å². The summed E-state index contributed by atoms with van der Waals surface area (Å²) in [6.07, 6.45) is 4.43. The summed E-state index contributed by atoms with van der Waals surface area (Å²) in [5, 5.41) is 2.97. The van der Waals surface area contributed by atoms with Gasteiger partial charge in [-0.1, -0.05) is 0 Å². The zero-order valence-electron chi connectivity index (χ0n) is 20.3. The van der Waals surface area contributed by atoms with Crippen molar-refractivity contribution in [2.75, 3.05) is 49.5 Å². The zero-order valence-corrected chi connectivity index (χ0v) is 20.3. The lowest BCUT2D eigenvalue weighted by molar-refractivity contribution is -0.152. The van der Waals surface area contributed by atoms with Crippen LogP contribution in [0.1, 0.15) is 55.8 Å². The van der Waals surface area contributed by atoms with E-state index in [2.05, 4.69) is 10.2 Å². The van der Waals surface area contributed by atoms with Gasteiger partial charge in [-0.25, -0.2) is 0 Å². The summed E-state index contributed by atoms with van der Waals surface area (Å²) in [6, 6.07) is 5.47. The molecule has 0 aromatic heterocycles. The van der Waals surface area contributed by atoms with Gasteiger partial charge in [0, 0.05) is 44.2 Å². The van der Waals surface area contributed by atoms with E-state index in [0.29, 0.717) is 69.7 Å². The average molecular weight is 483 g/mol. The molecule has 1 N–H and O–H groups in total. The van der Waals surface area contributed by atoms with Gasteiger partial charge >= 0.3 is 5.97 Å². The quantitative estimate of drug-likeness (QED) is 0.661. The van der Waals surface area contributed by atoms with Crippen LogP contribution < -0.4 is 10.2 Å². The van der Waals surface area contributed by atoms with Gasteiger partial charge in [-0.05, 0) is 63.6 Å². The summed E-state index contributed by atoms with van der Waals surface area (Å²) in [7, 11) is 0. The Morgan fingerprint density at radius 1 is 0.943 bits per heavy atom. The van der Waals surface area contributed by atoms with Crippen molar-refractivity contribution >= 4 is 35.1 Å². The maximum Gasteiger partial charge on any atom is 0.309 e. The van der Waals surface area contributed by atoms with Gasteiger partial charge in [-0.15, -0.1) is 0 Å². The second kappa shape index (κ2) is 9.87. The molecule has 0 saturated carbocycles. The lowest BCUT2D eigenvalue weighted by Crippen LogP contribution is -2.47. The van der Waals surface area contributed by atoms with Crippen LogP contribution in [0.25, 0.3) is 0 Å². The molecule has 5 rings (SSSR count). The molecule has 0 aliphatic carbocycles. The second-order valence-corrected chi connectivity index (χ2v) is 9.99. The minimum absolute atomic E-state index is 0.00483. The fourth-order valence-corrected chi connectivity index (χ4v) is 5.93. The van der Waals surface area contributed by atoms with E-state index in [0.717, 1.165) is 25.1 Å². The van der Waals surface area contributed by atoms with Gasteiger partial charge in [0.1, 0.15) is 6.04 Å². The van der Waals surface area contributed by atoms with E-state index in [1.54, 1.807) is 13.0 Å². The third-order valence-corrected chi connectivity index (χ3v) is 7.92. The number of benzene rings is 1. The molecule has 3 saturated heterocycles. The first kappa shape index (κ1) is 23.6. The summed E-state index contributed by atoms with van der Waals surface area (Å²) in [4.78, 5) is 56.4. The minimum Gasteiger partial charge on any atom is -0.466 e. The number of likely N-dealkylation sites (tertiary alicyclic amines) is 2. The highest BCUT2D eigenvalue weighted by atomic mass is 16.5. The predicted octanol–water partition coefficient (Wildman–Crippen LogP) is 2.26. The molecule has 35 heavy (non-hydrogen) atoms. The molecule has 188 valence electrons. The van der Waals surface area contributed by atoms with E-state index >= 15 is 0 Å². The molecule has 3 amide bonds. The van der Waals surface area contributed by atoms with E-state index in [4.69, 9.17) is 4.74 Å². The number of nitrogens with one attached hydrogen (secondary N) is 1. The summed E-state index contributed by atoms with van der Waals surface area (Å²) < 4.78 is 5.12.